The van der Waals surface area contributed by atoms with Crippen LogP contribution < -0.4 is 5.32 Å². The minimum absolute atomic E-state index is 0.188. The summed E-state index contributed by atoms with van der Waals surface area (Å²) in [5.74, 6) is -1.12. The Morgan fingerprint density at radius 3 is 2.37 bits per heavy atom. The van der Waals surface area contributed by atoms with Gasteiger partial charge in [0.1, 0.15) is 5.69 Å². The van der Waals surface area contributed by atoms with Crippen molar-refractivity contribution in [2.24, 2.45) is 7.05 Å². The van der Waals surface area contributed by atoms with Crippen molar-refractivity contribution in [1.29, 1.82) is 0 Å². The average Bonchev–Trinajstić information content (AvgIpc) is 3.11. The maximum absolute atomic E-state index is 12.5. The van der Waals surface area contributed by atoms with Gasteiger partial charge in [-0.05, 0) is 23.8 Å². The quantitative estimate of drug-likeness (QED) is 0.693. The molecule has 0 aliphatic carbocycles. The lowest BCUT2D eigenvalue weighted by Gasteiger charge is -2.12. The molecule has 0 atom stereocenters. The fraction of sp³-hybridized carbons (Fsp3) is 0.150. The van der Waals surface area contributed by atoms with Crippen molar-refractivity contribution in [1.82, 2.24) is 14.8 Å². The van der Waals surface area contributed by atoms with Gasteiger partial charge in [-0.25, -0.2) is 0 Å². The highest BCUT2D eigenvalue weighted by molar-refractivity contribution is 6.35. The summed E-state index contributed by atoms with van der Waals surface area (Å²) in [5, 5.41) is 3.40. The Labute approximate surface area is 160 Å². The summed E-state index contributed by atoms with van der Waals surface area (Å²) in [4.78, 5) is 39.0. The molecule has 0 saturated heterocycles. The predicted molar refractivity (Wildman–Crippen MR) is 103 cm³/mol. The van der Waals surface area contributed by atoms with Crippen LogP contribution in [0.2, 0.25) is 5.02 Å². The molecule has 136 valence electrons. The first-order valence-electron chi connectivity index (χ1n) is 8.30. The van der Waals surface area contributed by atoms with Gasteiger partial charge in [-0.15, -0.1) is 0 Å². The molecule has 1 aromatic heterocycles. The summed E-state index contributed by atoms with van der Waals surface area (Å²) in [7, 11) is 5.09. The number of benzene rings is 2. The van der Waals surface area contributed by atoms with Crippen molar-refractivity contribution in [2.45, 2.75) is 0 Å². The van der Waals surface area contributed by atoms with Crippen LogP contribution in [-0.2, 0) is 7.05 Å². The number of hydrogen-bond acceptors (Lipinski definition) is 3. The summed E-state index contributed by atoms with van der Waals surface area (Å²) >= 11 is 6.35. The number of aromatic nitrogens is 1. The number of rotatable bonds is 2. The van der Waals surface area contributed by atoms with Crippen LogP contribution in [0.3, 0.4) is 0 Å². The number of halogens is 1. The minimum Gasteiger partial charge on any atom is -0.343 e. The summed E-state index contributed by atoms with van der Waals surface area (Å²) in [6.45, 7) is 0. The lowest BCUT2D eigenvalue weighted by molar-refractivity contribution is 0.0817. The van der Waals surface area contributed by atoms with Crippen LogP contribution in [0.4, 0.5) is 0 Å². The smallest absolute Gasteiger partial charge is 0.269 e. The number of amides is 3. The topological polar surface area (TPSA) is 71.4 Å². The van der Waals surface area contributed by atoms with E-state index in [-0.39, 0.29) is 17.0 Å². The zero-order chi connectivity index (χ0) is 19.5. The van der Waals surface area contributed by atoms with Gasteiger partial charge in [0.2, 0.25) is 0 Å². The molecule has 0 bridgehead atoms. The molecule has 1 aliphatic rings. The van der Waals surface area contributed by atoms with Gasteiger partial charge in [0, 0.05) is 42.6 Å². The predicted octanol–water partition coefficient (Wildman–Crippen LogP) is 3.08. The van der Waals surface area contributed by atoms with Crippen LogP contribution in [0.5, 0.6) is 0 Å². The average molecular weight is 382 g/mol. The number of aryl methyl sites for hydroxylation is 1. The molecule has 2 aromatic carbocycles. The molecule has 6 nitrogen and oxygen atoms in total. The Bertz CT molecular complexity index is 1160. The van der Waals surface area contributed by atoms with Crippen LogP contribution in [0.15, 0.2) is 36.4 Å². The fourth-order valence-electron chi connectivity index (χ4n) is 3.50. The molecule has 1 aliphatic heterocycles. The minimum atomic E-state index is -0.469. The van der Waals surface area contributed by atoms with Crippen molar-refractivity contribution >= 4 is 40.2 Å². The van der Waals surface area contributed by atoms with Gasteiger partial charge in [0.25, 0.3) is 17.7 Å². The summed E-state index contributed by atoms with van der Waals surface area (Å²) in [5.41, 5.74) is 2.90. The molecule has 0 saturated carbocycles. The lowest BCUT2D eigenvalue weighted by atomic mass is 9.94. The summed E-state index contributed by atoms with van der Waals surface area (Å²) in [6.07, 6.45) is 0. The normalized spacial score (nSPS) is 13.0. The van der Waals surface area contributed by atoms with E-state index in [1.165, 1.54) is 4.90 Å². The number of nitrogens with one attached hydrogen (secondary N) is 1. The highest BCUT2D eigenvalue weighted by atomic mass is 35.5. The standard InChI is InChI=1S/C20H16ClN3O3/c1-23(2)20(27)15-9-12-14(24(15)3)8-11(10-6-4-5-7-13(10)21)16-17(12)19(26)22-18(16)25/h4-9H,1-3H3,(H,22,25,26). The SMILES string of the molecule is CN(C)C(=O)c1cc2c3c(c(-c4ccccc4Cl)cc2n1C)C(=O)NC3=O. The second kappa shape index (κ2) is 5.96. The first kappa shape index (κ1) is 17.3. The van der Waals surface area contributed by atoms with Crippen LogP contribution in [0, 0.1) is 0 Å². The molecule has 4 rings (SSSR count). The van der Waals surface area contributed by atoms with E-state index < -0.39 is 11.8 Å². The van der Waals surface area contributed by atoms with E-state index >= 15 is 0 Å². The molecule has 27 heavy (non-hydrogen) atoms. The fourth-order valence-corrected chi connectivity index (χ4v) is 3.73. The van der Waals surface area contributed by atoms with Gasteiger partial charge in [0.05, 0.1) is 11.1 Å². The van der Waals surface area contributed by atoms with Crippen molar-refractivity contribution in [3.63, 3.8) is 0 Å². The highest BCUT2D eigenvalue weighted by Crippen LogP contribution is 2.39. The maximum Gasteiger partial charge on any atom is 0.269 e. The van der Waals surface area contributed by atoms with Crippen LogP contribution in [0.1, 0.15) is 31.2 Å². The molecule has 0 unspecified atom stereocenters. The number of fused-ring (bicyclic) bond motifs is 3. The molecular weight excluding hydrogens is 366 g/mol. The molecule has 7 heteroatoms. The Balaban J connectivity index is 2.13. The van der Waals surface area contributed by atoms with Crippen LogP contribution in [-0.4, -0.2) is 41.3 Å². The molecule has 1 N–H and O–H groups in total. The molecule has 0 radical (unpaired) electrons. The summed E-state index contributed by atoms with van der Waals surface area (Å²) < 4.78 is 1.73. The van der Waals surface area contributed by atoms with Crippen molar-refractivity contribution < 1.29 is 14.4 Å². The largest absolute Gasteiger partial charge is 0.343 e. The Hall–Kier alpha value is -3.12. The Morgan fingerprint density at radius 2 is 1.70 bits per heavy atom. The highest BCUT2D eigenvalue weighted by Gasteiger charge is 2.34. The monoisotopic (exact) mass is 381 g/mol. The molecule has 3 amide bonds. The van der Waals surface area contributed by atoms with E-state index in [9.17, 15) is 14.4 Å². The van der Waals surface area contributed by atoms with Gasteiger partial charge in [-0.1, -0.05) is 29.8 Å². The van der Waals surface area contributed by atoms with Crippen molar-refractivity contribution in [3.8, 4) is 11.1 Å². The van der Waals surface area contributed by atoms with E-state index in [0.717, 1.165) is 0 Å². The van der Waals surface area contributed by atoms with Crippen LogP contribution >= 0.6 is 11.6 Å². The third kappa shape index (κ3) is 2.44. The summed E-state index contributed by atoms with van der Waals surface area (Å²) in [6, 6.07) is 10.6. The molecule has 0 spiro atoms. The molecule has 0 fully saturated rings. The van der Waals surface area contributed by atoms with Crippen molar-refractivity contribution in [2.75, 3.05) is 14.1 Å². The van der Waals surface area contributed by atoms with E-state index in [1.54, 1.807) is 56.0 Å². The Morgan fingerprint density at radius 1 is 1.04 bits per heavy atom. The number of carbonyl (C=O) groups is 3. The lowest BCUT2D eigenvalue weighted by Crippen LogP contribution is -2.23. The molecule has 3 aromatic rings. The zero-order valence-electron chi connectivity index (χ0n) is 15.0. The number of carbonyl (C=O) groups excluding carboxylic acids is 3. The Kier molecular flexibility index (Phi) is 3.82. The second-order valence-corrected chi connectivity index (χ2v) is 7.07. The zero-order valence-corrected chi connectivity index (χ0v) is 15.7. The van der Waals surface area contributed by atoms with Crippen molar-refractivity contribution in [3.05, 3.63) is 58.2 Å². The van der Waals surface area contributed by atoms with Gasteiger partial charge < -0.3 is 9.47 Å². The van der Waals surface area contributed by atoms with Gasteiger partial charge >= 0.3 is 0 Å². The molecule has 2 heterocycles. The second-order valence-electron chi connectivity index (χ2n) is 6.66. The van der Waals surface area contributed by atoms with E-state index in [4.69, 9.17) is 11.6 Å². The number of nitrogens with zero attached hydrogens (tertiary/aromatic N) is 2. The first-order valence-corrected chi connectivity index (χ1v) is 8.67. The van der Waals surface area contributed by atoms with Gasteiger partial charge in [0.15, 0.2) is 0 Å². The third-order valence-corrected chi connectivity index (χ3v) is 5.15. The maximum atomic E-state index is 12.5. The first-order chi connectivity index (χ1) is 12.8. The van der Waals surface area contributed by atoms with E-state index in [1.807, 2.05) is 6.07 Å². The number of imide groups is 1. The van der Waals surface area contributed by atoms with E-state index in [2.05, 4.69) is 5.32 Å². The van der Waals surface area contributed by atoms with E-state index in [0.29, 0.717) is 32.7 Å². The van der Waals surface area contributed by atoms with Crippen LogP contribution in [0.25, 0.3) is 22.0 Å². The van der Waals surface area contributed by atoms with Gasteiger partial charge in [-0.2, -0.15) is 0 Å². The molecular formula is C20H16ClN3O3. The van der Waals surface area contributed by atoms with Gasteiger partial charge in [-0.3, -0.25) is 19.7 Å². The third-order valence-electron chi connectivity index (χ3n) is 4.82. The number of hydrogen-bond donors (Lipinski definition) is 1.